The summed E-state index contributed by atoms with van der Waals surface area (Å²) in [5.74, 6) is 0. The number of imidazole rings is 1. The van der Waals surface area contributed by atoms with Crippen LogP contribution in [0.3, 0.4) is 0 Å². The summed E-state index contributed by atoms with van der Waals surface area (Å²) in [6.45, 7) is 0. The van der Waals surface area contributed by atoms with Crippen molar-refractivity contribution < 1.29 is 0 Å². The molecule has 0 bridgehead atoms. The average molecular weight is 231 g/mol. The molecule has 2 aromatic heterocycles. The van der Waals surface area contributed by atoms with E-state index in [0.29, 0.717) is 0 Å². The van der Waals surface area contributed by atoms with Gasteiger partial charge in [-0.25, -0.2) is 4.98 Å². The highest BCUT2D eigenvalue weighted by Crippen LogP contribution is 2.40. The van der Waals surface area contributed by atoms with Gasteiger partial charge >= 0.3 is 0 Å². The zero-order valence-corrected chi connectivity index (χ0v) is 9.83. The van der Waals surface area contributed by atoms with Gasteiger partial charge < -0.3 is 0 Å². The Morgan fingerprint density at radius 1 is 1.50 bits per heavy atom. The molecule has 0 unspecified atom stereocenters. The molecule has 0 radical (unpaired) electrons. The summed E-state index contributed by atoms with van der Waals surface area (Å²) >= 11 is 1.64. The topological polar surface area (TPSA) is 41.1 Å². The standard InChI is InChI=1S/C12H13N3S/c13-9-12(3-1-2-4-12)7-10-8-15-5-6-16-11(15)14-10/h5-6,8H,1-4,7H2. The van der Waals surface area contributed by atoms with Crippen LogP contribution in [0.4, 0.5) is 0 Å². The first-order chi connectivity index (χ1) is 7.81. The predicted molar refractivity (Wildman–Crippen MR) is 63.3 cm³/mol. The second-order valence-corrected chi connectivity index (χ2v) is 5.47. The lowest BCUT2D eigenvalue weighted by Gasteiger charge is -2.17. The van der Waals surface area contributed by atoms with Crippen LogP contribution in [0.5, 0.6) is 0 Å². The highest BCUT2D eigenvalue weighted by molar-refractivity contribution is 7.15. The number of aromatic nitrogens is 2. The Kier molecular flexibility index (Phi) is 2.22. The van der Waals surface area contributed by atoms with Crippen molar-refractivity contribution in [2.75, 3.05) is 0 Å². The summed E-state index contributed by atoms with van der Waals surface area (Å²) in [5.41, 5.74) is 0.930. The van der Waals surface area contributed by atoms with Crippen LogP contribution in [0.25, 0.3) is 4.96 Å². The van der Waals surface area contributed by atoms with Gasteiger partial charge in [-0.05, 0) is 12.8 Å². The molecule has 2 aromatic rings. The van der Waals surface area contributed by atoms with Crippen molar-refractivity contribution in [1.82, 2.24) is 9.38 Å². The molecular formula is C12H13N3S. The van der Waals surface area contributed by atoms with Gasteiger partial charge in [0.15, 0.2) is 4.96 Å². The SMILES string of the molecule is N#CC1(Cc2cn3ccsc3n2)CCCC1. The van der Waals surface area contributed by atoms with Crippen LogP contribution in [0, 0.1) is 16.7 Å². The van der Waals surface area contributed by atoms with Crippen molar-refractivity contribution in [1.29, 1.82) is 5.26 Å². The number of hydrogen-bond acceptors (Lipinski definition) is 3. The van der Waals surface area contributed by atoms with E-state index in [2.05, 4.69) is 17.3 Å². The third kappa shape index (κ3) is 1.52. The minimum absolute atomic E-state index is 0.135. The smallest absolute Gasteiger partial charge is 0.193 e. The van der Waals surface area contributed by atoms with E-state index < -0.39 is 0 Å². The monoisotopic (exact) mass is 231 g/mol. The summed E-state index contributed by atoms with van der Waals surface area (Å²) in [5, 5.41) is 11.4. The molecule has 0 atom stereocenters. The van der Waals surface area contributed by atoms with Crippen molar-refractivity contribution in [3.8, 4) is 6.07 Å². The van der Waals surface area contributed by atoms with Crippen LogP contribution in [0.15, 0.2) is 17.8 Å². The van der Waals surface area contributed by atoms with Gasteiger partial charge in [0.05, 0.1) is 17.2 Å². The van der Waals surface area contributed by atoms with E-state index in [1.54, 1.807) is 11.3 Å². The first kappa shape index (κ1) is 9.86. The molecule has 82 valence electrons. The van der Waals surface area contributed by atoms with Gasteiger partial charge in [-0.3, -0.25) is 4.40 Å². The summed E-state index contributed by atoms with van der Waals surface area (Å²) in [7, 11) is 0. The fourth-order valence-corrected chi connectivity index (χ4v) is 3.31. The minimum Gasteiger partial charge on any atom is -0.297 e. The molecule has 2 heterocycles. The normalized spacial score (nSPS) is 18.9. The second kappa shape index (κ2) is 3.60. The molecule has 4 heteroatoms. The Morgan fingerprint density at radius 2 is 2.31 bits per heavy atom. The number of thiazole rings is 1. The van der Waals surface area contributed by atoms with Gasteiger partial charge in [0.1, 0.15) is 0 Å². The Morgan fingerprint density at radius 3 is 3.00 bits per heavy atom. The third-order valence-electron chi connectivity index (χ3n) is 3.46. The van der Waals surface area contributed by atoms with Crippen molar-refractivity contribution in [3.63, 3.8) is 0 Å². The van der Waals surface area contributed by atoms with E-state index in [1.807, 2.05) is 16.0 Å². The summed E-state index contributed by atoms with van der Waals surface area (Å²) in [6.07, 6.45) is 9.35. The number of fused-ring (bicyclic) bond motifs is 1. The molecule has 0 aromatic carbocycles. The molecule has 0 saturated heterocycles. The maximum Gasteiger partial charge on any atom is 0.193 e. The molecular weight excluding hydrogens is 218 g/mol. The lowest BCUT2D eigenvalue weighted by atomic mass is 9.83. The van der Waals surface area contributed by atoms with Crippen LogP contribution in [0.1, 0.15) is 31.4 Å². The molecule has 3 rings (SSSR count). The fourth-order valence-electron chi connectivity index (χ4n) is 2.59. The first-order valence-corrected chi connectivity index (χ1v) is 6.52. The largest absolute Gasteiger partial charge is 0.297 e. The number of nitriles is 1. The van der Waals surface area contributed by atoms with E-state index in [4.69, 9.17) is 0 Å². The van der Waals surface area contributed by atoms with Crippen LogP contribution in [-0.2, 0) is 6.42 Å². The highest BCUT2D eigenvalue weighted by atomic mass is 32.1. The fraction of sp³-hybridized carbons (Fsp3) is 0.500. The first-order valence-electron chi connectivity index (χ1n) is 5.64. The quantitative estimate of drug-likeness (QED) is 0.797. The van der Waals surface area contributed by atoms with Crippen LogP contribution in [0.2, 0.25) is 0 Å². The zero-order chi connectivity index (χ0) is 11.0. The van der Waals surface area contributed by atoms with Gasteiger partial charge in [-0.15, -0.1) is 11.3 Å². The molecule has 3 nitrogen and oxygen atoms in total. The van der Waals surface area contributed by atoms with Crippen LogP contribution in [-0.4, -0.2) is 9.38 Å². The predicted octanol–water partition coefficient (Wildman–Crippen LogP) is 3.02. The molecule has 0 aliphatic heterocycles. The molecule has 1 saturated carbocycles. The molecule has 16 heavy (non-hydrogen) atoms. The van der Waals surface area contributed by atoms with Crippen molar-refractivity contribution in [3.05, 3.63) is 23.5 Å². The highest BCUT2D eigenvalue weighted by Gasteiger charge is 2.34. The number of nitrogens with zero attached hydrogens (tertiary/aromatic N) is 3. The maximum absolute atomic E-state index is 9.32. The summed E-state index contributed by atoms with van der Waals surface area (Å²) in [4.78, 5) is 5.59. The van der Waals surface area contributed by atoms with E-state index >= 15 is 0 Å². The van der Waals surface area contributed by atoms with Gasteiger partial charge in [0.2, 0.25) is 0 Å². The second-order valence-electron chi connectivity index (χ2n) is 4.60. The van der Waals surface area contributed by atoms with Crippen molar-refractivity contribution in [2.45, 2.75) is 32.1 Å². The van der Waals surface area contributed by atoms with Crippen molar-refractivity contribution >= 4 is 16.3 Å². The van der Waals surface area contributed by atoms with E-state index in [1.165, 1.54) is 12.8 Å². The summed E-state index contributed by atoms with van der Waals surface area (Å²) in [6, 6.07) is 2.52. The van der Waals surface area contributed by atoms with Crippen LogP contribution >= 0.6 is 11.3 Å². The summed E-state index contributed by atoms with van der Waals surface area (Å²) < 4.78 is 2.04. The number of hydrogen-bond donors (Lipinski definition) is 0. The molecule has 0 spiro atoms. The Bertz CT molecular complexity index is 511. The van der Waals surface area contributed by atoms with E-state index in [9.17, 15) is 5.26 Å². The Balaban J connectivity index is 1.89. The Hall–Kier alpha value is -1.34. The lowest BCUT2D eigenvalue weighted by molar-refractivity contribution is 0.404. The van der Waals surface area contributed by atoms with E-state index in [0.717, 1.165) is 29.9 Å². The van der Waals surface area contributed by atoms with E-state index in [-0.39, 0.29) is 5.41 Å². The maximum atomic E-state index is 9.32. The third-order valence-corrected chi connectivity index (χ3v) is 4.23. The average Bonchev–Trinajstić information content (AvgIpc) is 2.93. The number of rotatable bonds is 2. The molecule has 0 amide bonds. The lowest BCUT2D eigenvalue weighted by Crippen LogP contribution is -2.17. The van der Waals surface area contributed by atoms with Crippen molar-refractivity contribution in [2.24, 2.45) is 5.41 Å². The van der Waals surface area contributed by atoms with Gasteiger partial charge in [-0.1, -0.05) is 12.8 Å². The van der Waals surface area contributed by atoms with Crippen LogP contribution < -0.4 is 0 Å². The minimum atomic E-state index is -0.135. The van der Waals surface area contributed by atoms with Gasteiger partial charge in [0, 0.05) is 24.2 Å². The molecule has 1 aliphatic carbocycles. The van der Waals surface area contributed by atoms with Gasteiger partial charge in [-0.2, -0.15) is 5.26 Å². The Labute approximate surface area is 98.4 Å². The van der Waals surface area contributed by atoms with Gasteiger partial charge in [0.25, 0.3) is 0 Å². The molecule has 1 aliphatic rings. The molecule has 1 fully saturated rings. The molecule has 0 N–H and O–H groups in total. The zero-order valence-electron chi connectivity index (χ0n) is 9.02.